The summed E-state index contributed by atoms with van der Waals surface area (Å²) in [4.78, 5) is 10.4. The van der Waals surface area contributed by atoms with Gasteiger partial charge in [-0.05, 0) is 32.1 Å². The van der Waals surface area contributed by atoms with Gasteiger partial charge in [-0.1, -0.05) is 55.5 Å². The smallest absolute Gasteiger partial charge is 0.303 e. The van der Waals surface area contributed by atoms with Crippen molar-refractivity contribution in [3.8, 4) is 0 Å². The van der Waals surface area contributed by atoms with Crippen LogP contribution in [0.25, 0.3) is 0 Å². The summed E-state index contributed by atoms with van der Waals surface area (Å²) in [6.45, 7) is 2.08. The Balaban J connectivity index is 2.34. The lowest BCUT2D eigenvalue weighted by atomic mass is 10.0. The molecule has 0 aromatic carbocycles. The van der Waals surface area contributed by atoms with Gasteiger partial charge in [-0.25, -0.2) is 0 Å². The summed E-state index contributed by atoms with van der Waals surface area (Å²) < 4.78 is 5.72. The van der Waals surface area contributed by atoms with Crippen LogP contribution in [0.1, 0.15) is 51.9 Å². The van der Waals surface area contributed by atoms with Crippen LogP contribution in [0.3, 0.4) is 0 Å². The fourth-order valence-corrected chi connectivity index (χ4v) is 2.84. The van der Waals surface area contributed by atoms with Crippen LogP contribution in [0.15, 0.2) is 48.6 Å². The Bertz CT molecular complexity index is 551. The maximum atomic E-state index is 10.4. The molecule has 158 valence electrons. The minimum atomic E-state index is -0.849. The summed E-state index contributed by atoms with van der Waals surface area (Å²) in [5.41, 5.74) is 0. The summed E-state index contributed by atoms with van der Waals surface area (Å²) in [7, 11) is 0. The van der Waals surface area contributed by atoms with Gasteiger partial charge in [-0.3, -0.25) is 4.79 Å². The van der Waals surface area contributed by atoms with Crippen molar-refractivity contribution in [2.24, 2.45) is 0 Å². The molecule has 0 amide bonds. The molecule has 0 radical (unpaired) electrons. The predicted octanol–water partition coefficient (Wildman–Crippen LogP) is 2.90. The van der Waals surface area contributed by atoms with Crippen LogP contribution >= 0.6 is 0 Å². The topological polar surface area (TPSA) is 107 Å². The third kappa shape index (κ3) is 10.6. The monoisotopic (exact) mass is 394 g/mol. The molecule has 1 saturated heterocycles. The Hall–Kier alpha value is -1.73. The molecule has 0 unspecified atom stereocenters. The van der Waals surface area contributed by atoms with Crippen molar-refractivity contribution in [2.75, 3.05) is 0 Å². The standard InChI is InChI=1S/C22H34O6/c1-2-3-4-5-6-9-12-18(24)21-16-19(25)20(28-21)15-14-17(23)11-8-7-10-13-22(26)27/h3-4,6-9,14-15,17-21,23-25H,2,5,10-13,16H2,1H3,(H,26,27)/b4-3-,8-7-,9-6-,15-14+/t17-,18-,19-,20+,21+/m0/s1. The van der Waals surface area contributed by atoms with Gasteiger partial charge in [-0.15, -0.1) is 0 Å². The number of allylic oxidation sites excluding steroid dienone is 4. The molecule has 1 rings (SSSR count). The zero-order chi connectivity index (χ0) is 20.8. The average molecular weight is 395 g/mol. The van der Waals surface area contributed by atoms with Crippen molar-refractivity contribution in [1.29, 1.82) is 0 Å². The highest BCUT2D eigenvalue weighted by Gasteiger charge is 2.35. The van der Waals surface area contributed by atoms with Gasteiger partial charge < -0.3 is 25.2 Å². The molecule has 1 heterocycles. The summed E-state index contributed by atoms with van der Waals surface area (Å²) in [5.74, 6) is -0.849. The van der Waals surface area contributed by atoms with Gasteiger partial charge in [-0.2, -0.15) is 0 Å². The number of hydrogen-bond acceptors (Lipinski definition) is 5. The Labute approximate surface area is 167 Å². The highest BCUT2D eigenvalue weighted by Crippen LogP contribution is 2.25. The molecule has 1 aliphatic heterocycles. The second kappa shape index (κ2) is 14.3. The number of carboxylic acids is 1. The zero-order valence-corrected chi connectivity index (χ0v) is 16.6. The number of carbonyl (C=O) groups is 1. The van der Waals surface area contributed by atoms with Crippen molar-refractivity contribution >= 4 is 5.97 Å². The molecule has 0 bridgehead atoms. The highest BCUT2D eigenvalue weighted by molar-refractivity contribution is 5.66. The summed E-state index contributed by atoms with van der Waals surface area (Å²) >= 11 is 0. The lowest BCUT2D eigenvalue weighted by Gasteiger charge is -2.16. The number of aliphatic carboxylic acids is 1. The van der Waals surface area contributed by atoms with E-state index >= 15 is 0 Å². The van der Waals surface area contributed by atoms with Gasteiger partial charge >= 0.3 is 5.97 Å². The first-order valence-electron chi connectivity index (χ1n) is 9.98. The molecule has 0 aromatic rings. The molecule has 6 heteroatoms. The molecule has 4 N–H and O–H groups in total. The number of rotatable bonds is 13. The van der Waals surface area contributed by atoms with Crippen molar-refractivity contribution in [2.45, 2.75) is 82.4 Å². The van der Waals surface area contributed by atoms with Gasteiger partial charge in [0.05, 0.1) is 24.4 Å². The van der Waals surface area contributed by atoms with Gasteiger partial charge in [0.2, 0.25) is 0 Å². The Morgan fingerprint density at radius 3 is 2.54 bits per heavy atom. The van der Waals surface area contributed by atoms with Crippen molar-refractivity contribution in [1.82, 2.24) is 0 Å². The molecule has 1 aliphatic rings. The quantitative estimate of drug-likeness (QED) is 0.358. The van der Waals surface area contributed by atoms with E-state index in [1.807, 2.05) is 12.2 Å². The second-order valence-corrected chi connectivity index (χ2v) is 6.92. The Morgan fingerprint density at radius 1 is 1.11 bits per heavy atom. The number of carboxylic acid groups (broad SMARTS) is 1. The van der Waals surface area contributed by atoms with Crippen LogP contribution in [0.4, 0.5) is 0 Å². The molecular weight excluding hydrogens is 360 g/mol. The van der Waals surface area contributed by atoms with E-state index in [0.717, 1.165) is 12.8 Å². The van der Waals surface area contributed by atoms with E-state index in [2.05, 4.69) is 19.1 Å². The Kier molecular flexibility index (Phi) is 12.4. The first-order chi connectivity index (χ1) is 13.4. The van der Waals surface area contributed by atoms with E-state index in [4.69, 9.17) is 9.84 Å². The minimum Gasteiger partial charge on any atom is -0.481 e. The number of ether oxygens (including phenoxy) is 1. The number of aliphatic hydroxyl groups excluding tert-OH is 3. The maximum Gasteiger partial charge on any atom is 0.303 e. The van der Waals surface area contributed by atoms with Crippen LogP contribution in [-0.2, 0) is 9.53 Å². The molecule has 0 spiro atoms. The van der Waals surface area contributed by atoms with Crippen LogP contribution in [0, 0.1) is 0 Å². The third-order valence-electron chi connectivity index (χ3n) is 4.42. The highest BCUT2D eigenvalue weighted by atomic mass is 16.5. The third-order valence-corrected chi connectivity index (χ3v) is 4.42. The van der Waals surface area contributed by atoms with Crippen LogP contribution < -0.4 is 0 Å². The lowest BCUT2D eigenvalue weighted by molar-refractivity contribution is -0.136. The molecule has 28 heavy (non-hydrogen) atoms. The van der Waals surface area contributed by atoms with Gasteiger partial charge in [0.25, 0.3) is 0 Å². The molecule has 6 nitrogen and oxygen atoms in total. The van der Waals surface area contributed by atoms with E-state index in [1.54, 1.807) is 24.3 Å². The number of aliphatic hydroxyl groups is 3. The first kappa shape index (κ1) is 24.3. The molecule has 5 atom stereocenters. The Morgan fingerprint density at radius 2 is 1.82 bits per heavy atom. The summed E-state index contributed by atoms with van der Waals surface area (Å²) in [6, 6.07) is 0. The number of hydrogen-bond donors (Lipinski definition) is 4. The van der Waals surface area contributed by atoms with Crippen LogP contribution in [-0.4, -0.2) is 56.9 Å². The van der Waals surface area contributed by atoms with E-state index in [9.17, 15) is 20.1 Å². The molecular formula is C22H34O6. The largest absolute Gasteiger partial charge is 0.481 e. The fourth-order valence-electron chi connectivity index (χ4n) is 2.84. The van der Waals surface area contributed by atoms with Gasteiger partial charge in [0.1, 0.15) is 6.10 Å². The average Bonchev–Trinajstić information content (AvgIpc) is 3.03. The van der Waals surface area contributed by atoms with E-state index in [1.165, 1.54) is 0 Å². The molecule has 0 aromatic heterocycles. The SMILES string of the molecule is CC/C=C\C/C=C\C[C@H](O)[C@H]1C[C@H](O)[C@@H](/C=C/[C@@H](O)C/C=C\CCC(=O)O)O1. The summed E-state index contributed by atoms with van der Waals surface area (Å²) in [6.07, 6.45) is 15.1. The van der Waals surface area contributed by atoms with Crippen molar-refractivity contribution < 1.29 is 30.0 Å². The van der Waals surface area contributed by atoms with E-state index in [0.29, 0.717) is 25.7 Å². The molecule has 0 saturated carbocycles. The molecule has 0 aliphatic carbocycles. The second-order valence-electron chi connectivity index (χ2n) is 6.92. The molecule has 1 fully saturated rings. The van der Waals surface area contributed by atoms with Gasteiger partial charge in [0.15, 0.2) is 0 Å². The van der Waals surface area contributed by atoms with E-state index < -0.39 is 36.5 Å². The van der Waals surface area contributed by atoms with Crippen molar-refractivity contribution in [3.63, 3.8) is 0 Å². The fraction of sp³-hybridized carbons (Fsp3) is 0.591. The van der Waals surface area contributed by atoms with Crippen molar-refractivity contribution in [3.05, 3.63) is 48.6 Å². The van der Waals surface area contributed by atoms with Gasteiger partial charge in [0, 0.05) is 12.8 Å². The zero-order valence-electron chi connectivity index (χ0n) is 16.6. The van der Waals surface area contributed by atoms with E-state index in [-0.39, 0.29) is 6.42 Å². The lowest BCUT2D eigenvalue weighted by Crippen LogP contribution is -2.25. The minimum absolute atomic E-state index is 0.0683. The summed E-state index contributed by atoms with van der Waals surface area (Å²) in [5, 5.41) is 38.8. The van der Waals surface area contributed by atoms with Crippen LogP contribution in [0.5, 0.6) is 0 Å². The first-order valence-corrected chi connectivity index (χ1v) is 9.98. The van der Waals surface area contributed by atoms with Crippen LogP contribution in [0.2, 0.25) is 0 Å². The predicted molar refractivity (Wildman–Crippen MR) is 109 cm³/mol. The normalized spacial score (nSPS) is 25.5. The maximum absolute atomic E-state index is 10.4.